The van der Waals surface area contributed by atoms with E-state index in [0.29, 0.717) is 36.7 Å². The number of primary amides is 2. The number of amides is 6. The first-order valence-electron chi connectivity index (χ1n) is 10.7. The monoisotopic (exact) mass is 481 g/mol. The topological polar surface area (TPSA) is 183 Å². The van der Waals surface area contributed by atoms with Crippen molar-refractivity contribution < 1.29 is 33.4 Å². The van der Waals surface area contributed by atoms with Crippen LogP contribution in [-0.2, 0) is 15.1 Å². The summed E-state index contributed by atoms with van der Waals surface area (Å²) in [4.78, 5) is 62.3. The molecule has 6 N–H and O–H groups in total. The summed E-state index contributed by atoms with van der Waals surface area (Å²) in [5, 5.41) is 5.08. The Balaban J connectivity index is 1.52. The number of nitrogens with zero attached hydrogens (tertiary/aromatic N) is 1. The van der Waals surface area contributed by atoms with Crippen LogP contribution in [0.2, 0.25) is 0 Å². The molecule has 4 rings (SSSR count). The molecule has 12 heteroatoms. The second kappa shape index (κ2) is 8.97. The standard InChI is InChI=1S/C23H23N5O7/c1-23(14-3-4-16-17(10-14)35-6-2-5-34-16)21(32)28(22(33)27-23)11-18(29)26-15-8-12(19(24)30)7-13(9-15)20(25)31/h3-4,7-10H,2,5-6,11H2,1H3,(H2,24,30)(H2,25,31)(H,26,29)(H,27,33). The molecule has 35 heavy (non-hydrogen) atoms. The van der Waals surface area contributed by atoms with Crippen molar-refractivity contribution in [2.75, 3.05) is 25.1 Å². The lowest BCUT2D eigenvalue weighted by Gasteiger charge is -2.23. The fourth-order valence-electron chi connectivity index (χ4n) is 3.84. The minimum absolute atomic E-state index is 0.0476. The smallest absolute Gasteiger partial charge is 0.325 e. The summed E-state index contributed by atoms with van der Waals surface area (Å²) in [5.41, 5.74) is 9.50. The van der Waals surface area contributed by atoms with Crippen LogP contribution < -0.4 is 31.6 Å². The molecule has 2 heterocycles. The van der Waals surface area contributed by atoms with Gasteiger partial charge in [-0.15, -0.1) is 0 Å². The number of benzene rings is 2. The summed E-state index contributed by atoms with van der Waals surface area (Å²) in [6, 6.07) is 7.87. The number of rotatable bonds is 6. The van der Waals surface area contributed by atoms with E-state index in [2.05, 4.69) is 10.6 Å². The van der Waals surface area contributed by atoms with Crippen molar-refractivity contribution in [3.8, 4) is 11.5 Å². The third-order valence-electron chi connectivity index (χ3n) is 5.69. The van der Waals surface area contributed by atoms with Crippen LogP contribution in [0.3, 0.4) is 0 Å². The average molecular weight is 481 g/mol. The fraction of sp³-hybridized carbons (Fsp3) is 0.261. The maximum absolute atomic E-state index is 13.2. The predicted octanol–water partition coefficient (Wildman–Crippen LogP) is 0.451. The zero-order valence-electron chi connectivity index (χ0n) is 18.8. The largest absolute Gasteiger partial charge is 0.490 e. The zero-order valence-corrected chi connectivity index (χ0v) is 18.8. The number of fused-ring (bicyclic) bond motifs is 1. The molecule has 2 aromatic rings. The molecule has 0 radical (unpaired) electrons. The van der Waals surface area contributed by atoms with E-state index in [1.807, 2.05) is 0 Å². The van der Waals surface area contributed by atoms with Crippen molar-refractivity contribution in [2.45, 2.75) is 18.9 Å². The highest BCUT2D eigenvalue weighted by atomic mass is 16.5. The van der Waals surface area contributed by atoms with E-state index < -0.39 is 41.7 Å². The predicted molar refractivity (Wildman–Crippen MR) is 122 cm³/mol. The Morgan fingerprint density at radius 3 is 2.26 bits per heavy atom. The first-order chi connectivity index (χ1) is 16.6. The summed E-state index contributed by atoms with van der Waals surface area (Å²) < 4.78 is 11.3. The van der Waals surface area contributed by atoms with Crippen LogP contribution in [0.5, 0.6) is 11.5 Å². The lowest BCUT2D eigenvalue weighted by Crippen LogP contribution is -2.42. The molecule has 0 saturated carbocycles. The van der Waals surface area contributed by atoms with E-state index in [1.54, 1.807) is 18.2 Å². The number of imide groups is 1. The summed E-state index contributed by atoms with van der Waals surface area (Å²) in [6.45, 7) is 1.87. The summed E-state index contributed by atoms with van der Waals surface area (Å²) in [5.74, 6) is -2.05. The van der Waals surface area contributed by atoms with Gasteiger partial charge in [0.15, 0.2) is 11.5 Å². The van der Waals surface area contributed by atoms with Gasteiger partial charge in [0.25, 0.3) is 5.91 Å². The molecular weight excluding hydrogens is 458 g/mol. The van der Waals surface area contributed by atoms with Crippen LogP contribution in [0.1, 0.15) is 39.6 Å². The van der Waals surface area contributed by atoms with E-state index >= 15 is 0 Å². The maximum Gasteiger partial charge on any atom is 0.325 e. The SMILES string of the molecule is CC1(c2ccc3c(c2)OCCCO3)NC(=O)N(CC(=O)Nc2cc(C(N)=O)cc(C(N)=O)c2)C1=O. The Kier molecular flexibility index (Phi) is 6.03. The number of carbonyl (C=O) groups is 5. The first-order valence-corrected chi connectivity index (χ1v) is 10.7. The number of urea groups is 1. The summed E-state index contributed by atoms with van der Waals surface area (Å²) >= 11 is 0. The van der Waals surface area contributed by atoms with Crippen molar-refractivity contribution in [3.63, 3.8) is 0 Å². The Morgan fingerprint density at radius 1 is 1.00 bits per heavy atom. The number of carbonyl (C=O) groups excluding carboxylic acids is 5. The van der Waals surface area contributed by atoms with Gasteiger partial charge in [-0.3, -0.25) is 24.1 Å². The van der Waals surface area contributed by atoms with Gasteiger partial charge in [-0.05, 0) is 42.8 Å². The van der Waals surface area contributed by atoms with Crippen molar-refractivity contribution >= 4 is 35.3 Å². The summed E-state index contributed by atoms with van der Waals surface area (Å²) in [6.07, 6.45) is 0.711. The molecule has 0 aromatic heterocycles. The molecule has 1 unspecified atom stereocenters. The Morgan fingerprint density at radius 2 is 1.63 bits per heavy atom. The molecular formula is C23H23N5O7. The molecule has 6 amide bonds. The van der Waals surface area contributed by atoms with Crippen molar-refractivity contribution in [3.05, 3.63) is 53.1 Å². The highest BCUT2D eigenvalue weighted by Crippen LogP contribution is 2.36. The van der Waals surface area contributed by atoms with Crippen LogP contribution in [0, 0.1) is 0 Å². The van der Waals surface area contributed by atoms with Crippen LogP contribution >= 0.6 is 0 Å². The maximum atomic E-state index is 13.2. The van der Waals surface area contributed by atoms with Gasteiger partial charge in [-0.1, -0.05) is 6.07 Å². The van der Waals surface area contributed by atoms with E-state index in [0.717, 1.165) is 4.90 Å². The Hall–Kier alpha value is -4.61. The molecule has 1 atom stereocenters. The van der Waals surface area contributed by atoms with E-state index in [-0.39, 0.29) is 16.8 Å². The molecule has 0 aliphatic carbocycles. The van der Waals surface area contributed by atoms with Gasteiger partial charge in [0.1, 0.15) is 12.1 Å². The molecule has 1 fully saturated rings. The van der Waals surface area contributed by atoms with Crippen molar-refractivity contribution in [1.82, 2.24) is 10.2 Å². The number of ether oxygens (including phenoxy) is 2. The van der Waals surface area contributed by atoms with Gasteiger partial charge >= 0.3 is 6.03 Å². The van der Waals surface area contributed by atoms with Crippen molar-refractivity contribution in [1.29, 1.82) is 0 Å². The van der Waals surface area contributed by atoms with Gasteiger partial charge in [0.05, 0.1) is 13.2 Å². The Bertz CT molecular complexity index is 1230. The highest BCUT2D eigenvalue weighted by Gasteiger charge is 2.49. The Labute approximate surface area is 199 Å². The minimum Gasteiger partial charge on any atom is -0.490 e. The third-order valence-corrected chi connectivity index (χ3v) is 5.69. The zero-order chi connectivity index (χ0) is 25.3. The molecule has 2 aromatic carbocycles. The van der Waals surface area contributed by atoms with E-state index in [4.69, 9.17) is 20.9 Å². The number of hydrogen-bond donors (Lipinski definition) is 4. The molecule has 182 valence electrons. The minimum atomic E-state index is -1.44. The normalized spacial score (nSPS) is 19.1. The number of anilines is 1. The molecule has 12 nitrogen and oxygen atoms in total. The summed E-state index contributed by atoms with van der Waals surface area (Å²) in [7, 11) is 0. The van der Waals surface area contributed by atoms with E-state index in [9.17, 15) is 24.0 Å². The van der Waals surface area contributed by atoms with Gasteiger partial charge < -0.3 is 31.6 Å². The van der Waals surface area contributed by atoms with Crippen LogP contribution in [-0.4, -0.2) is 54.3 Å². The van der Waals surface area contributed by atoms with Gasteiger partial charge in [-0.25, -0.2) is 4.79 Å². The highest BCUT2D eigenvalue weighted by molar-refractivity contribution is 6.10. The molecule has 1 saturated heterocycles. The van der Waals surface area contributed by atoms with Gasteiger partial charge in [0, 0.05) is 23.2 Å². The average Bonchev–Trinajstić information content (AvgIpc) is 2.97. The molecule has 0 spiro atoms. The number of hydrogen-bond acceptors (Lipinski definition) is 7. The number of nitrogens with one attached hydrogen (secondary N) is 2. The second-order valence-electron chi connectivity index (χ2n) is 8.23. The molecule has 2 aliphatic heterocycles. The van der Waals surface area contributed by atoms with Gasteiger partial charge in [0.2, 0.25) is 17.7 Å². The molecule has 0 bridgehead atoms. The number of nitrogens with two attached hydrogens (primary N) is 2. The van der Waals surface area contributed by atoms with Crippen LogP contribution in [0.4, 0.5) is 10.5 Å². The van der Waals surface area contributed by atoms with Crippen LogP contribution in [0.25, 0.3) is 0 Å². The third kappa shape index (κ3) is 4.58. The van der Waals surface area contributed by atoms with Crippen molar-refractivity contribution in [2.24, 2.45) is 11.5 Å². The quantitative estimate of drug-likeness (QED) is 0.432. The second-order valence-corrected chi connectivity index (χ2v) is 8.23. The van der Waals surface area contributed by atoms with E-state index in [1.165, 1.54) is 25.1 Å². The fourth-order valence-corrected chi connectivity index (χ4v) is 3.84. The lowest BCUT2D eigenvalue weighted by molar-refractivity contribution is -0.133. The molecule has 2 aliphatic rings. The first kappa shape index (κ1) is 23.5. The van der Waals surface area contributed by atoms with Crippen LogP contribution in [0.15, 0.2) is 36.4 Å². The lowest BCUT2D eigenvalue weighted by atomic mass is 9.91. The van der Waals surface area contributed by atoms with Gasteiger partial charge in [-0.2, -0.15) is 0 Å².